The molecular weight excluding hydrogens is 676 g/mol. The molecule has 3 heterocycles. The molecule has 0 amide bonds. The van der Waals surface area contributed by atoms with Crippen LogP contribution in [0.25, 0.3) is 10.8 Å². The van der Waals surface area contributed by atoms with Gasteiger partial charge in [0.15, 0.2) is 5.78 Å². The van der Waals surface area contributed by atoms with E-state index in [1.807, 2.05) is 0 Å². The Labute approximate surface area is 300 Å². The maximum atomic E-state index is 12.5. The van der Waals surface area contributed by atoms with Crippen molar-refractivity contribution in [1.29, 1.82) is 0 Å². The molecule has 0 radical (unpaired) electrons. The van der Waals surface area contributed by atoms with Gasteiger partial charge in [0.05, 0.1) is 36.3 Å². The second kappa shape index (κ2) is 12.8. The third-order valence-electron chi connectivity index (χ3n) is 13.2. The number of Topliss-reactive ketones (excluding diaryl/α,β-unsaturated/α-hetero) is 1. The second-order valence-corrected chi connectivity index (χ2v) is 15.6. The van der Waals surface area contributed by atoms with Gasteiger partial charge in [0.2, 0.25) is 6.29 Å². The minimum Gasteiger partial charge on any atom is -0.507 e. The fourth-order valence-corrected chi connectivity index (χ4v) is 11.1. The van der Waals surface area contributed by atoms with Crippen molar-refractivity contribution in [2.24, 2.45) is 29.1 Å². The average molecular weight is 723 g/mol. The molecule has 2 aromatic rings. The van der Waals surface area contributed by atoms with E-state index < -0.39 is 60.1 Å². The number of carbonyl (C=O) groups is 2. The number of aliphatic hydroxyl groups is 4. The van der Waals surface area contributed by atoms with Crippen LogP contribution in [0, 0.1) is 36.0 Å². The predicted molar refractivity (Wildman–Crippen MR) is 183 cm³/mol. The monoisotopic (exact) mass is 722 g/mol. The molecule has 1 spiro atoms. The minimum atomic E-state index is -1.78. The quantitative estimate of drug-likeness (QED) is 0.162. The van der Waals surface area contributed by atoms with E-state index in [1.165, 1.54) is 25.0 Å². The van der Waals surface area contributed by atoms with E-state index in [0.717, 1.165) is 37.0 Å². The molecule has 3 aliphatic heterocycles. The molecule has 280 valence electrons. The molecule has 10 atom stereocenters. The number of benzene rings is 2. The average Bonchev–Trinajstić information content (AvgIpc) is 3.48. The minimum absolute atomic E-state index is 0.0365. The van der Waals surface area contributed by atoms with Crippen LogP contribution in [0.15, 0.2) is 34.9 Å². The van der Waals surface area contributed by atoms with Gasteiger partial charge in [-0.15, -0.1) is 0 Å². The lowest BCUT2D eigenvalue weighted by atomic mass is 9.46. The number of ether oxygens (including phenoxy) is 4. The normalized spacial score (nSPS) is 36.6. The molecule has 13 nitrogen and oxygen atoms in total. The maximum Gasteiger partial charge on any atom is 0.335 e. The summed E-state index contributed by atoms with van der Waals surface area (Å²) in [4.78, 5) is 24.6. The highest BCUT2D eigenvalue weighted by Gasteiger charge is 2.65. The van der Waals surface area contributed by atoms with Crippen molar-refractivity contribution in [3.63, 3.8) is 0 Å². The van der Waals surface area contributed by atoms with Gasteiger partial charge < -0.3 is 54.7 Å². The van der Waals surface area contributed by atoms with Gasteiger partial charge in [0.1, 0.15) is 41.2 Å². The largest absolute Gasteiger partial charge is 0.507 e. The van der Waals surface area contributed by atoms with E-state index in [1.54, 1.807) is 0 Å². The van der Waals surface area contributed by atoms with Crippen LogP contribution in [-0.2, 0) is 14.2 Å². The van der Waals surface area contributed by atoms with Gasteiger partial charge in [0, 0.05) is 29.6 Å². The summed E-state index contributed by atoms with van der Waals surface area (Å²) in [5.74, 6) is -2.59. The van der Waals surface area contributed by atoms with Crippen LogP contribution < -0.4 is 4.74 Å². The van der Waals surface area contributed by atoms with Gasteiger partial charge >= 0.3 is 5.97 Å². The van der Waals surface area contributed by atoms with Gasteiger partial charge in [-0.1, -0.05) is 12.5 Å². The third kappa shape index (κ3) is 4.93. The highest BCUT2D eigenvalue weighted by atomic mass is 16.7. The Morgan fingerprint density at radius 3 is 2.60 bits per heavy atom. The van der Waals surface area contributed by atoms with Crippen LogP contribution >= 0.6 is 0 Å². The van der Waals surface area contributed by atoms with E-state index >= 15 is 0 Å². The summed E-state index contributed by atoms with van der Waals surface area (Å²) >= 11 is 0. The van der Waals surface area contributed by atoms with Crippen LogP contribution in [0.5, 0.6) is 17.2 Å². The molecule has 52 heavy (non-hydrogen) atoms. The van der Waals surface area contributed by atoms with E-state index in [-0.39, 0.29) is 76.0 Å². The van der Waals surface area contributed by atoms with Gasteiger partial charge in [-0.2, -0.15) is 0 Å². The number of phenols is 2. The number of aromatic carboxylic acids is 1. The fraction of sp³-hybridized carbons (Fsp3) is 0.590. The van der Waals surface area contributed by atoms with Crippen LogP contribution in [0.3, 0.4) is 0 Å². The molecule has 0 bridgehead atoms. The molecule has 7 N–H and O–H groups in total. The van der Waals surface area contributed by atoms with Crippen molar-refractivity contribution >= 4 is 22.5 Å². The van der Waals surface area contributed by atoms with Crippen molar-refractivity contribution in [3.05, 3.63) is 51.6 Å². The number of hydrogen-bond acceptors (Lipinski definition) is 12. The fourth-order valence-electron chi connectivity index (χ4n) is 11.1. The second-order valence-electron chi connectivity index (χ2n) is 15.6. The molecule has 3 aliphatic carbocycles. The summed E-state index contributed by atoms with van der Waals surface area (Å²) < 4.78 is 25.2. The molecule has 2 aromatic carbocycles. The van der Waals surface area contributed by atoms with Crippen LogP contribution in [0.1, 0.15) is 71.7 Å². The van der Waals surface area contributed by atoms with Gasteiger partial charge in [0.25, 0.3) is 0 Å². The Hall–Kier alpha value is -3.56. The number of carboxylic acids is 1. The zero-order chi connectivity index (χ0) is 36.9. The third-order valence-corrected chi connectivity index (χ3v) is 13.2. The van der Waals surface area contributed by atoms with Crippen LogP contribution in [-0.4, -0.2) is 111 Å². The molecule has 0 unspecified atom stereocenters. The number of hydrogen-bond donors (Lipinski definition) is 7. The lowest BCUT2D eigenvalue weighted by Gasteiger charge is -2.61. The first-order valence-electron chi connectivity index (χ1n) is 18.2. The van der Waals surface area contributed by atoms with Crippen molar-refractivity contribution in [2.45, 2.75) is 82.6 Å². The predicted octanol–water partition coefficient (Wildman–Crippen LogP) is 3.13. The number of aliphatic hydroxyl groups excluding tert-OH is 4. The number of carboxylic acid groups (broad SMARTS) is 1. The summed E-state index contributed by atoms with van der Waals surface area (Å²) in [7, 11) is 0. The highest BCUT2D eigenvalue weighted by Crippen LogP contribution is 2.66. The number of phenolic OH excluding ortho intramolecular Hbond substituents is 2. The Kier molecular flexibility index (Phi) is 8.72. The zero-order valence-corrected chi connectivity index (χ0v) is 29.2. The number of ketones is 1. The molecule has 2 saturated carbocycles. The smallest absolute Gasteiger partial charge is 0.335 e. The molecular formula is C39H46O13. The van der Waals surface area contributed by atoms with Crippen LogP contribution in [0.2, 0.25) is 0 Å². The molecule has 2 saturated heterocycles. The Balaban J connectivity index is 1.17. The van der Waals surface area contributed by atoms with E-state index in [0.29, 0.717) is 32.0 Å². The lowest BCUT2D eigenvalue weighted by Crippen LogP contribution is -2.69. The van der Waals surface area contributed by atoms with E-state index in [2.05, 4.69) is 6.08 Å². The van der Waals surface area contributed by atoms with E-state index in [9.17, 15) is 45.3 Å². The Bertz CT molecular complexity index is 1890. The standard InChI is InChI=1S/C39H46O13/c1-17-28(18(2)42)33(44)30-23(32(17)43)10-21(36(47)48)11-26(30)51-37-34(45)35(46)39(27(13-41)52-37)12-24-22-5-3-4-20-14-49-16-38(8-9-40,31(20)22)25-7-6-19(15-50-39)29(24)25/h7,10-11,20,22,24,27,31,34-35,37,40-41,43-46H,3-6,8-9,12-16H2,1-2H3,(H,47,48)/t20-,22-,24-,27+,31-,34+,35+,37+,38-,39+/m0/s1. The summed E-state index contributed by atoms with van der Waals surface area (Å²) in [6.07, 6.45) is 0.418. The number of allylic oxidation sites excluding steroid dienone is 2. The zero-order valence-electron chi connectivity index (χ0n) is 29.2. The Morgan fingerprint density at radius 2 is 1.88 bits per heavy atom. The summed E-state index contributed by atoms with van der Waals surface area (Å²) in [6, 6.07) is 2.21. The van der Waals surface area contributed by atoms with Gasteiger partial charge in [-0.3, -0.25) is 4.79 Å². The highest BCUT2D eigenvalue weighted by molar-refractivity contribution is 6.11. The van der Waals surface area contributed by atoms with Crippen molar-refractivity contribution < 1.29 is 64.3 Å². The molecule has 0 aromatic heterocycles. The lowest BCUT2D eigenvalue weighted by molar-refractivity contribution is -0.326. The van der Waals surface area contributed by atoms with Gasteiger partial charge in [-0.05, 0) is 98.5 Å². The first-order chi connectivity index (χ1) is 24.9. The first kappa shape index (κ1) is 35.5. The summed E-state index contributed by atoms with van der Waals surface area (Å²) in [6.45, 7) is 3.37. The maximum absolute atomic E-state index is 12.5. The van der Waals surface area contributed by atoms with E-state index in [4.69, 9.17) is 18.9 Å². The summed E-state index contributed by atoms with van der Waals surface area (Å²) in [5, 5.41) is 77.0. The number of fused-ring (bicyclic) bond motifs is 3. The number of aromatic hydroxyl groups is 2. The number of rotatable bonds is 7. The van der Waals surface area contributed by atoms with Gasteiger partial charge in [-0.25, -0.2) is 4.79 Å². The molecule has 4 fully saturated rings. The Morgan fingerprint density at radius 1 is 1.10 bits per heavy atom. The topological polar surface area (TPSA) is 213 Å². The van der Waals surface area contributed by atoms with Crippen LogP contribution in [0.4, 0.5) is 0 Å². The van der Waals surface area contributed by atoms with Crippen molar-refractivity contribution in [1.82, 2.24) is 0 Å². The first-order valence-corrected chi connectivity index (χ1v) is 18.2. The summed E-state index contributed by atoms with van der Waals surface area (Å²) in [5.41, 5.74) is 1.09. The number of carbonyl (C=O) groups excluding carboxylic acids is 1. The van der Waals surface area contributed by atoms with Crippen molar-refractivity contribution in [3.8, 4) is 17.2 Å². The SMILES string of the molecule is CC(=O)c1c(C)c(O)c2cc(C(=O)O)cc(O[C@@H]3O[C@H](CO)[C@]4(C[C@@H]5C6=C(CC=C6[C@]6(CCO)COC[C@@H]7CCC[C@@H]5[C@H]76)CO4)[C@H](O)[C@H]3O)c2c1O. The molecule has 13 heteroatoms. The van der Waals surface area contributed by atoms with Crippen molar-refractivity contribution in [2.75, 3.05) is 33.0 Å². The molecule has 8 rings (SSSR count). The molecule has 6 aliphatic rings.